The van der Waals surface area contributed by atoms with Gasteiger partial charge in [-0.2, -0.15) is 0 Å². The molecular formula is C16H20N2O2. The lowest BCUT2D eigenvalue weighted by molar-refractivity contribution is 0.358. The van der Waals surface area contributed by atoms with E-state index >= 15 is 0 Å². The quantitative estimate of drug-likeness (QED) is 0.860. The monoisotopic (exact) mass is 272 g/mol. The number of rotatable bonds is 3. The number of hydrogen-bond acceptors (Lipinski definition) is 3. The van der Waals surface area contributed by atoms with Crippen molar-refractivity contribution < 1.29 is 9.47 Å². The molecule has 0 saturated heterocycles. The summed E-state index contributed by atoms with van der Waals surface area (Å²) in [6.45, 7) is 5.34. The highest BCUT2D eigenvalue weighted by Crippen LogP contribution is 2.37. The Hall–Kier alpha value is -1.97. The van der Waals surface area contributed by atoms with Gasteiger partial charge in [0, 0.05) is 18.1 Å². The standard InChI is InChI=1S/C16H20N2O2/c1-10(2)13-9-18-11(8-17-13)7-12-14(18)5-6-15(19-3)16(12)20-4/h5-8,10,13H,9H2,1-4H3. The molecule has 1 aliphatic heterocycles. The summed E-state index contributed by atoms with van der Waals surface area (Å²) in [6.07, 6.45) is 1.97. The van der Waals surface area contributed by atoms with Crippen LogP contribution < -0.4 is 9.47 Å². The average Bonchev–Trinajstić information content (AvgIpc) is 2.83. The highest BCUT2D eigenvalue weighted by Gasteiger charge is 2.22. The van der Waals surface area contributed by atoms with Gasteiger partial charge in [0.25, 0.3) is 0 Å². The molecule has 1 atom stereocenters. The molecule has 0 bridgehead atoms. The van der Waals surface area contributed by atoms with Gasteiger partial charge < -0.3 is 14.0 Å². The molecule has 1 unspecified atom stereocenters. The van der Waals surface area contributed by atoms with Crippen molar-refractivity contribution in [3.63, 3.8) is 0 Å². The Labute approximate surface area is 119 Å². The van der Waals surface area contributed by atoms with Crippen LogP contribution in [0, 0.1) is 5.92 Å². The zero-order valence-electron chi connectivity index (χ0n) is 12.4. The van der Waals surface area contributed by atoms with Crippen LogP contribution in [0.3, 0.4) is 0 Å². The van der Waals surface area contributed by atoms with Gasteiger partial charge in [0.1, 0.15) is 0 Å². The minimum absolute atomic E-state index is 0.339. The summed E-state index contributed by atoms with van der Waals surface area (Å²) in [5.41, 5.74) is 2.30. The molecule has 3 rings (SSSR count). The lowest BCUT2D eigenvalue weighted by Crippen LogP contribution is -2.25. The summed E-state index contributed by atoms with van der Waals surface area (Å²) in [4.78, 5) is 4.65. The first-order valence-electron chi connectivity index (χ1n) is 6.93. The molecule has 1 aliphatic rings. The van der Waals surface area contributed by atoms with E-state index in [9.17, 15) is 0 Å². The van der Waals surface area contributed by atoms with Crippen molar-refractivity contribution >= 4 is 17.1 Å². The van der Waals surface area contributed by atoms with Crippen molar-refractivity contribution in [2.45, 2.75) is 26.4 Å². The summed E-state index contributed by atoms with van der Waals surface area (Å²) in [5.74, 6) is 2.10. The van der Waals surface area contributed by atoms with Crippen LogP contribution in [0.2, 0.25) is 0 Å². The van der Waals surface area contributed by atoms with Gasteiger partial charge in [-0.1, -0.05) is 13.8 Å². The molecule has 106 valence electrons. The normalized spacial score (nSPS) is 17.6. The molecule has 1 aromatic heterocycles. The van der Waals surface area contributed by atoms with Gasteiger partial charge >= 0.3 is 0 Å². The molecule has 4 heteroatoms. The van der Waals surface area contributed by atoms with Crippen molar-refractivity contribution in [1.29, 1.82) is 0 Å². The minimum atomic E-state index is 0.339. The van der Waals surface area contributed by atoms with E-state index in [0.717, 1.165) is 29.1 Å². The van der Waals surface area contributed by atoms with Crippen molar-refractivity contribution in [3.8, 4) is 11.5 Å². The SMILES string of the molecule is COc1ccc2c(cc3n2CC(C(C)C)N=C3)c1OC. The first kappa shape index (κ1) is 13.0. The van der Waals surface area contributed by atoms with Crippen LogP contribution in [-0.4, -0.2) is 31.0 Å². The van der Waals surface area contributed by atoms with E-state index in [1.54, 1.807) is 14.2 Å². The number of hydrogen-bond donors (Lipinski definition) is 0. The van der Waals surface area contributed by atoms with Crippen LogP contribution in [0.5, 0.6) is 11.5 Å². The van der Waals surface area contributed by atoms with E-state index in [1.807, 2.05) is 12.3 Å². The van der Waals surface area contributed by atoms with Crippen LogP contribution in [0.25, 0.3) is 10.9 Å². The zero-order valence-corrected chi connectivity index (χ0v) is 12.4. The molecule has 20 heavy (non-hydrogen) atoms. The van der Waals surface area contributed by atoms with Gasteiger partial charge in [0.15, 0.2) is 11.5 Å². The fraction of sp³-hybridized carbons (Fsp3) is 0.438. The predicted octanol–water partition coefficient (Wildman–Crippen LogP) is 3.12. The Morgan fingerprint density at radius 3 is 2.70 bits per heavy atom. The Bertz CT molecular complexity index is 671. The maximum Gasteiger partial charge on any atom is 0.170 e. The lowest BCUT2D eigenvalue weighted by Gasteiger charge is -2.22. The first-order valence-corrected chi connectivity index (χ1v) is 6.93. The van der Waals surface area contributed by atoms with Crippen LogP contribution in [0.1, 0.15) is 19.5 Å². The van der Waals surface area contributed by atoms with Crippen LogP contribution in [-0.2, 0) is 6.54 Å². The van der Waals surface area contributed by atoms with Gasteiger partial charge in [-0.05, 0) is 24.1 Å². The first-order chi connectivity index (χ1) is 9.65. The van der Waals surface area contributed by atoms with Gasteiger partial charge in [0.05, 0.1) is 31.5 Å². The summed E-state index contributed by atoms with van der Waals surface area (Å²) in [5, 5.41) is 1.08. The Balaban J connectivity index is 2.17. The maximum absolute atomic E-state index is 5.52. The van der Waals surface area contributed by atoms with Crippen molar-refractivity contribution in [3.05, 3.63) is 23.9 Å². The van der Waals surface area contributed by atoms with Gasteiger partial charge in [0.2, 0.25) is 0 Å². The van der Waals surface area contributed by atoms with Gasteiger partial charge in [-0.15, -0.1) is 0 Å². The fourth-order valence-electron chi connectivity index (χ4n) is 2.78. The molecule has 0 fully saturated rings. The van der Waals surface area contributed by atoms with E-state index in [1.165, 1.54) is 5.52 Å². The molecule has 0 N–H and O–H groups in total. The lowest BCUT2D eigenvalue weighted by atomic mass is 10.0. The number of methoxy groups -OCH3 is 2. The second-order valence-electron chi connectivity index (χ2n) is 5.50. The number of benzene rings is 1. The Kier molecular flexibility index (Phi) is 3.16. The van der Waals surface area contributed by atoms with Crippen molar-refractivity contribution in [1.82, 2.24) is 4.57 Å². The molecule has 0 spiro atoms. The number of aliphatic imine (C=N–C) groups is 1. The van der Waals surface area contributed by atoms with Crippen molar-refractivity contribution in [2.75, 3.05) is 14.2 Å². The third-order valence-corrected chi connectivity index (χ3v) is 3.99. The second kappa shape index (κ2) is 4.85. The van der Waals surface area contributed by atoms with E-state index in [4.69, 9.17) is 9.47 Å². The van der Waals surface area contributed by atoms with Crippen LogP contribution >= 0.6 is 0 Å². The highest BCUT2D eigenvalue weighted by molar-refractivity contribution is 5.96. The summed E-state index contributed by atoms with van der Waals surface area (Å²) in [7, 11) is 3.34. The third-order valence-electron chi connectivity index (χ3n) is 3.99. The molecule has 0 amide bonds. The Morgan fingerprint density at radius 2 is 2.05 bits per heavy atom. The predicted molar refractivity (Wildman–Crippen MR) is 81.3 cm³/mol. The van der Waals surface area contributed by atoms with Crippen molar-refractivity contribution in [2.24, 2.45) is 10.9 Å². The third kappa shape index (κ3) is 1.87. The molecule has 2 aromatic rings. The fourth-order valence-corrected chi connectivity index (χ4v) is 2.78. The smallest absolute Gasteiger partial charge is 0.170 e. The van der Waals surface area contributed by atoms with E-state index in [0.29, 0.717) is 12.0 Å². The molecule has 0 radical (unpaired) electrons. The number of nitrogens with zero attached hydrogens (tertiary/aromatic N) is 2. The second-order valence-corrected chi connectivity index (χ2v) is 5.50. The molecule has 0 aliphatic carbocycles. The van der Waals surface area contributed by atoms with Crippen LogP contribution in [0.4, 0.5) is 0 Å². The Morgan fingerprint density at radius 1 is 1.25 bits per heavy atom. The molecule has 0 saturated carbocycles. The summed E-state index contributed by atoms with van der Waals surface area (Å²) < 4.78 is 13.2. The average molecular weight is 272 g/mol. The molecule has 2 heterocycles. The minimum Gasteiger partial charge on any atom is -0.493 e. The molecular weight excluding hydrogens is 252 g/mol. The van der Waals surface area contributed by atoms with Gasteiger partial charge in [-0.3, -0.25) is 4.99 Å². The van der Waals surface area contributed by atoms with Crippen LogP contribution in [0.15, 0.2) is 23.2 Å². The maximum atomic E-state index is 5.52. The summed E-state index contributed by atoms with van der Waals surface area (Å²) >= 11 is 0. The summed E-state index contributed by atoms with van der Waals surface area (Å²) in [6, 6.07) is 6.52. The van der Waals surface area contributed by atoms with E-state index < -0.39 is 0 Å². The largest absolute Gasteiger partial charge is 0.493 e. The number of fused-ring (bicyclic) bond motifs is 3. The van der Waals surface area contributed by atoms with Gasteiger partial charge in [-0.25, -0.2) is 0 Å². The molecule has 4 nitrogen and oxygen atoms in total. The number of ether oxygens (including phenoxy) is 2. The number of aromatic nitrogens is 1. The van der Waals surface area contributed by atoms with E-state index in [2.05, 4.69) is 35.5 Å². The van der Waals surface area contributed by atoms with E-state index in [-0.39, 0.29) is 0 Å². The highest BCUT2D eigenvalue weighted by atomic mass is 16.5. The topological polar surface area (TPSA) is 35.8 Å². The zero-order chi connectivity index (χ0) is 14.3. The molecule has 1 aromatic carbocycles.